The second-order valence-electron chi connectivity index (χ2n) is 13.6. The van der Waals surface area contributed by atoms with Crippen LogP contribution in [-0.4, -0.2) is 66.8 Å². The number of aromatic nitrogens is 4. The number of hydrogen-bond acceptors (Lipinski definition) is 11. The third kappa shape index (κ3) is 6.94. The van der Waals surface area contributed by atoms with Crippen molar-refractivity contribution >= 4 is 39.6 Å². The Hall–Kier alpha value is -5.74. The van der Waals surface area contributed by atoms with E-state index in [0.717, 1.165) is 50.1 Å². The van der Waals surface area contributed by atoms with Crippen LogP contribution >= 0.6 is 0 Å². The molecule has 12 heteroatoms. The van der Waals surface area contributed by atoms with Gasteiger partial charge in [-0.1, -0.05) is 24.3 Å². The quantitative estimate of drug-likeness (QED) is 0.117. The second-order valence-corrected chi connectivity index (χ2v) is 13.6. The number of fused-ring (bicyclic) bond motifs is 2. The van der Waals surface area contributed by atoms with E-state index in [2.05, 4.69) is 45.6 Å². The molecule has 52 heavy (non-hydrogen) atoms. The normalized spacial score (nSPS) is 15.3. The van der Waals surface area contributed by atoms with Crippen molar-refractivity contribution in [3.05, 3.63) is 94.4 Å². The number of carboxylic acid groups (broad SMARTS) is 1. The van der Waals surface area contributed by atoms with E-state index in [4.69, 9.17) is 19.4 Å². The third-order valence-corrected chi connectivity index (χ3v) is 9.77. The number of carbonyl (C=O) groups is 1. The average molecular weight is 697 g/mol. The molecular weight excluding hydrogens is 656 g/mol. The molecule has 3 aromatic heterocycles. The van der Waals surface area contributed by atoms with Gasteiger partial charge in [-0.05, 0) is 104 Å². The summed E-state index contributed by atoms with van der Waals surface area (Å²) in [7, 11) is 0. The summed E-state index contributed by atoms with van der Waals surface area (Å²) in [6, 6.07) is 20.1. The molecule has 1 fully saturated rings. The number of pyridine rings is 1. The minimum Gasteiger partial charge on any atom is -0.481 e. The van der Waals surface area contributed by atoms with Crippen molar-refractivity contribution in [2.24, 2.45) is 5.92 Å². The molecule has 1 aliphatic heterocycles. The van der Waals surface area contributed by atoms with Crippen molar-refractivity contribution in [3.63, 3.8) is 0 Å². The first-order valence-electron chi connectivity index (χ1n) is 17.3. The lowest BCUT2D eigenvalue weighted by molar-refractivity contribution is -0.141. The number of carboxylic acids is 1. The van der Waals surface area contributed by atoms with Gasteiger partial charge in [-0.3, -0.25) is 14.7 Å². The number of likely N-dealkylation sites (tertiary alicyclic amines) is 1. The van der Waals surface area contributed by atoms with E-state index in [0.29, 0.717) is 72.3 Å². The Morgan fingerprint density at radius 2 is 1.77 bits per heavy atom. The van der Waals surface area contributed by atoms with Gasteiger partial charge in [0.15, 0.2) is 11.4 Å². The number of benzene rings is 3. The van der Waals surface area contributed by atoms with Crippen LogP contribution in [0.15, 0.2) is 65.2 Å². The molecule has 1 aliphatic rings. The number of hydrogen-bond donors (Lipinski definition) is 4. The molecule has 2 atom stereocenters. The first kappa shape index (κ1) is 34.7. The molecule has 0 saturated carbocycles. The van der Waals surface area contributed by atoms with Crippen molar-refractivity contribution in [2.45, 2.75) is 53.2 Å². The molecule has 0 radical (unpaired) electrons. The first-order valence-corrected chi connectivity index (χ1v) is 17.3. The maximum atomic E-state index is 11.5. The summed E-state index contributed by atoms with van der Waals surface area (Å²) in [4.78, 5) is 32.5. The number of rotatable bonds is 11. The molecule has 7 rings (SSSR count). The molecule has 264 valence electrons. The highest BCUT2D eigenvalue weighted by Gasteiger charge is 2.28. The van der Waals surface area contributed by atoms with Crippen LogP contribution < -0.4 is 10.6 Å². The van der Waals surface area contributed by atoms with Crippen LogP contribution in [0.2, 0.25) is 0 Å². The number of nitriles is 1. The van der Waals surface area contributed by atoms with Crippen LogP contribution in [0.1, 0.15) is 47.0 Å². The zero-order valence-electron chi connectivity index (χ0n) is 29.6. The summed E-state index contributed by atoms with van der Waals surface area (Å²) in [6.07, 6.45) is 2.42. The fourth-order valence-electron chi connectivity index (χ4n) is 6.88. The van der Waals surface area contributed by atoms with Crippen molar-refractivity contribution in [1.82, 2.24) is 30.2 Å². The molecule has 4 N–H and O–H groups in total. The van der Waals surface area contributed by atoms with Crippen LogP contribution in [0.5, 0.6) is 0 Å². The van der Waals surface area contributed by atoms with Gasteiger partial charge in [0.2, 0.25) is 5.89 Å². The van der Waals surface area contributed by atoms with E-state index in [1.54, 1.807) is 6.20 Å². The average Bonchev–Trinajstić information content (AvgIpc) is 3.79. The van der Waals surface area contributed by atoms with Crippen molar-refractivity contribution in [1.29, 1.82) is 5.26 Å². The van der Waals surface area contributed by atoms with Crippen molar-refractivity contribution in [3.8, 4) is 28.7 Å². The Bertz CT molecular complexity index is 2360. The number of nitrogens with zero attached hydrogens (tertiary/aromatic N) is 6. The third-order valence-electron chi connectivity index (χ3n) is 9.77. The number of aliphatic carboxylic acids is 1. The SMILES string of the molecule is Cc1nc(Nc2cccc(-c3cccc(-c4nc5cc(CN6CC[C@@H](C(=O)O)C6)cc(C#N)c5o4)c3C)c2C)c2ncc(CNC(C)CO)cc2n1. The lowest BCUT2D eigenvalue weighted by Gasteiger charge is -2.17. The topological polar surface area (TPSA) is 173 Å². The van der Waals surface area contributed by atoms with E-state index in [9.17, 15) is 20.3 Å². The van der Waals surface area contributed by atoms with Crippen LogP contribution in [0.4, 0.5) is 11.5 Å². The summed E-state index contributed by atoms with van der Waals surface area (Å²) in [5, 5.41) is 35.6. The highest BCUT2D eigenvalue weighted by molar-refractivity contribution is 5.89. The zero-order valence-corrected chi connectivity index (χ0v) is 29.6. The van der Waals surface area contributed by atoms with Gasteiger partial charge < -0.3 is 25.3 Å². The van der Waals surface area contributed by atoms with Crippen molar-refractivity contribution in [2.75, 3.05) is 25.0 Å². The smallest absolute Gasteiger partial charge is 0.307 e. The number of aryl methyl sites for hydroxylation is 1. The van der Waals surface area contributed by atoms with Gasteiger partial charge in [0.05, 0.1) is 23.6 Å². The summed E-state index contributed by atoms with van der Waals surface area (Å²) in [6.45, 7) is 10.2. The van der Waals surface area contributed by atoms with E-state index in [1.165, 1.54) is 0 Å². The maximum absolute atomic E-state index is 11.5. The second kappa shape index (κ2) is 14.5. The highest BCUT2D eigenvalue weighted by Crippen LogP contribution is 2.38. The van der Waals surface area contributed by atoms with E-state index < -0.39 is 5.97 Å². The summed E-state index contributed by atoms with van der Waals surface area (Å²) in [5.41, 5.74) is 10.4. The van der Waals surface area contributed by atoms with Gasteiger partial charge >= 0.3 is 5.97 Å². The Morgan fingerprint density at radius 3 is 2.52 bits per heavy atom. The van der Waals surface area contributed by atoms with Gasteiger partial charge in [0.25, 0.3) is 0 Å². The summed E-state index contributed by atoms with van der Waals surface area (Å²) < 4.78 is 6.27. The van der Waals surface area contributed by atoms with E-state index >= 15 is 0 Å². The standard InChI is InChI=1S/C40H40N8O4/c1-22(21-49)42-17-27-15-34-36(43-18-27)38(45-25(4)44-34)46-33-10-6-8-31(24(33)3)30-7-5-9-32(23(30)2)39-47-35-14-26(13-29(16-41)37(35)52-39)19-48-12-11-28(20-48)40(50)51/h5-10,13-15,18,22,28,42,49H,11-12,17,19-21H2,1-4H3,(H,50,51)(H,44,45,46)/t22?,28-/m1/s1. The number of oxazole rings is 1. The maximum Gasteiger partial charge on any atom is 0.307 e. The number of aliphatic hydroxyl groups excluding tert-OH is 1. The number of anilines is 2. The van der Waals surface area contributed by atoms with Gasteiger partial charge in [-0.2, -0.15) is 5.26 Å². The van der Waals surface area contributed by atoms with Gasteiger partial charge in [-0.25, -0.2) is 15.0 Å². The number of aliphatic hydroxyl groups is 1. The van der Waals surface area contributed by atoms with Gasteiger partial charge in [-0.15, -0.1) is 0 Å². The fourth-order valence-corrected chi connectivity index (χ4v) is 6.88. The Labute approximate surface area is 301 Å². The molecule has 3 aromatic carbocycles. The lowest BCUT2D eigenvalue weighted by Crippen LogP contribution is -2.28. The van der Waals surface area contributed by atoms with Gasteiger partial charge in [0, 0.05) is 43.1 Å². The fraction of sp³-hybridized carbons (Fsp3) is 0.300. The molecule has 0 spiro atoms. The van der Waals surface area contributed by atoms with Crippen LogP contribution in [0, 0.1) is 38.0 Å². The molecule has 1 saturated heterocycles. The minimum atomic E-state index is -0.771. The molecule has 0 bridgehead atoms. The monoisotopic (exact) mass is 696 g/mol. The van der Waals surface area contributed by atoms with E-state index in [1.807, 2.05) is 63.2 Å². The Morgan fingerprint density at radius 1 is 1.02 bits per heavy atom. The molecule has 12 nitrogen and oxygen atoms in total. The predicted molar refractivity (Wildman–Crippen MR) is 199 cm³/mol. The Kier molecular flexibility index (Phi) is 9.66. The van der Waals surface area contributed by atoms with E-state index in [-0.39, 0.29) is 18.6 Å². The molecule has 1 unspecified atom stereocenters. The largest absolute Gasteiger partial charge is 0.481 e. The van der Waals surface area contributed by atoms with Crippen molar-refractivity contribution < 1.29 is 19.4 Å². The lowest BCUT2D eigenvalue weighted by atomic mass is 9.93. The molecule has 0 amide bonds. The number of nitrogens with one attached hydrogen (secondary N) is 2. The molecule has 4 heterocycles. The van der Waals surface area contributed by atoms with Crippen LogP contribution in [0.3, 0.4) is 0 Å². The minimum absolute atomic E-state index is 0.0260. The first-order chi connectivity index (χ1) is 25.1. The molecule has 0 aliphatic carbocycles. The summed E-state index contributed by atoms with van der Waals surface area (Å²) in [5.74, 6) is 0.521. The molecular formula is C40H40N8O4. The van der Waals surface area contributed by atoms with Gasteiger partial charge in [0.1, 0.15) is 22.9 Å². The highest BCUT2D eigenvalue weighted by atomic mass is 16.4. The zero-order chi connectivity index (χ0) is 36.5. The molecule has 6 aromatic rings. The predicted octanol–water partition coefficient (Wildman–Crippen LogP) is 6.42. The summed E-state index contributed by atoms with van der Waals surface area (Å²) >= 11 is 0. The Balaban J connectivity index is 1.18. The van der Waals surface area contributed by atoms with Crippen LogP contribution in [0.25, 0.3) is 44.7 Å². The van der Waals surface area contributed by atoms with Crippen LogP contribution in [-0.2, 0) is 17.9 Å².